The van der Waals surface area contributed by atoms with E-state index >= 15 is 0 Å². The van der Waals surface area contributed by atoms with Crippen LogP contribution in [0, 0.1) is 5.41 Å². The summed E-state index contributed by atoms with van der Waals surface area (Å²) >= 11 is 0. The van der Waals surface area contributed by atoms with Crippen LogP contribution in [0.25, 0.3) is 0 Å². The first-order chi connectivity index (χ1) is 10.2. The topological polar surface area (TPSA) is 77.6 Å². The van der Waals surface area contributed by atoms with E-state index in [2.05, 4.69) is 0 Å². The lowest BCUT2D eigenvalue weighted by atomic mass is 10.1. The predicted octanol–water partition coefficient (Wildman–Crippen LogP) is 2.57. The van der Waals surface area contributed by atoms with E-state index < -0.39 is 0 Å². The molecule has 0 saturated heterocycles. The van der Waals surface area contributed by atoms with Gasteiger partial charge in [-0.1, -0.05) is 24.3 Å². The molecule has 2 rings (SSSR count). The molecule has 21 heavy (non-hydrogen) atoms. The number of nitrogens with two attached hydrogens (primary N) is 1. The van der Waals surface area contributed by atoms with E-state index in [1.54, 1.807) is 20.3 Å². The van der Waals surface area contributed by atoms with Crippen LogP contribution in [0.2, 0.25) is 0 Å². The van der Waals surface area contributed by atoms with Crippen molar-refractivity contribution in [2.24, 2.45) is 5.73 Å². The van der Waals surface area contributed by atoms with Crippen LogP contribution in [0.4, 0.5) is 0 Å². The monoisotopic (exact) mass is 286 g/mol. The third kappa shape index (κ3) is 3.45. The molecule has 3 N–H and O–H groups in total. The van der Waals surface area contributed by atoms with Gasteiger partial charge in [-0.05, 0) is 23.8 Å². The zero-order chi connectivity index (χ0) is 15.2. The van der Waals surface area contributed by atoms with Crippen LogP contribution in [0.5, 0.6) is 17.2 Å². The average molecular weight is 286 g/mol. The zero-order valence-corrected chi connectivity index (χ0v) is 12.1. The van der Waals surface area contributed by atoms with Gasteiger partial charge in [0.1, 0.15) is 12.4 Å². The number of benzene rings is 2. The van der Waals surface area contributed by atoms with Crippen molar-refractivity contribution in [3.63, 3.8) is 0 Å². The Kier molecular flexibility index (Phi) is 4.66. The molecule has 0 saturated carbocycles. The Hall–Kier alpha value is -2.69. The number of para-hydroxylation sites is 1. The van der Waals surface area contributed by atoms with Gasteiger partial charge in [0.15, 0.2) is 11.5 Å². The maximum atomic E-state index is 7.45. The van der Waals surface area contributed by atoms with E-state index in [9.17, 15) is 0 Å². The smallest absolute Gasteiger partial charge is 0.203 e. The Labute approximate surface area is 123 Å². The van der Waals surface area contributed by atoms with Crippen molar-refractivity contribution in [3.05, 3.63) is 53.6 Å². The summed E-state index contributed by atoms with van der Waals surface area (Å²) in [5.41, 5.74) is 7.07. The van der Waals surface area contributed by atoms with Crippen molar-refractivity contribution in [1.82, 2.24) is 0 Å². The van der Waals surface area contributed by atoms with Crippen LogP contribution in [0.3, 0.4) is 0 Å². The molecule has 5 heteroatoms. The second kappa shape index (κ2) is 6.65. The molecule has 0 heterocycles. The van der Waals surface area contributed by atoms with E-state index in [1.807, 2.05) is 36.4 Å². The van der Waals surface area contributed by atoms with Gasteiger partial charge >= 0.3 is 0 Å². The Balaban J connectivity index is 2.20. The number of methoxy groups -OCH3 is 2. The fourth-order valence-electron chi connectivity index (χ4n) is 1.94. The molecule has 0 radical (unpaired) electrons. The van der Waals surface area contributed by atoms with Gasteiger partial charge in [-0.25, -0.2) is 0 Å². The number of ether oxygens (including phenoxy) is 3. The molecule has 2 aromatic carbocycles. The highest BCUT2D eigenvalue weighted by Gasteiger charge is 2.11. The molecule has 5 nitrogen and oxygen atoms in total. The van der Waals surface area contributed by atoms with Crippen LogP contribution < -0.4 is 19.9 Å². The minimum absolute atomic E-state index is 0.0340. The molecular formula is C16H18N2O3. The van der Waals surface area contributed by atoms with E-state index in [0.717, 1.165) is 5.56 Å². The molecule has 0 aromatic heterocycles. The van der Waals surface area contributed by atoms with Gasteiger partial charge in [0.25, 0.3) is 0 Å². The van der Waals surface area contributed by atoms with Gasteiger partial charge in [-0.3, -0.25) is 5.41 Å². The summed E-state index contributed by atoms with van der Waals surface area (Å²) < 4.78 is 16.4. The second-order valence-corrected chi connectivity index (χ2v) is 4.39. The summed E-state index contributed by atoms with van der Waals surface area (Å²) in [6.45, 7) is 0.331. The number of nitrogen functional groups attached to an aromatic ring is 1. The van der Waals surface area contributed by atoms with Gasteiger partial charge in [0.05, 0.1) is 14.2 Å². The number of hydrogen-bond acceptors (Lipinski definition) is 4. The van der Waals surface area contributed by atoms with E-state index in [0.29, 0.717) is 29.4 Å². The lowest BCUT2D eigenvalue weighted by Crippen LogP contribution is -2.11. The average Bonchev–Trinajstić information content (AvgIpc) is 2.52. The van der Waals surface area contributed by atoms with Crippen LogP contribution in [0.15, 0.2) is 42.5 Å². The zero-order valence-electron chi connectivity index (χ0n) is 12.1. The standard InChI is InChI=1S/C16H18N2O3/c1-19-13-7-4-8-14(20-2)15(13)21-10-11-5-3-6-12(9-11)16(17)18/h3-9H,10H2,1-2H3,(H3,17,18). The third-order valence-corrected chi connectivity index (χ3v) is 3.00. The minimum atomic E-state index is 0.0340. The van der Waals surface area contributed by atoms with Crippen LogP contribution >= 0.6 is 0 Å². The molecule has 110 valence electrons. The number of rotatable bonds is 6. The molecule has 0 aliphatic heterocycles. The Morgan fingerprint density at radius 3 is 2.24 bits per heavy atom. The van der Waals surface area contributed by atoms with Gasteiger partial charge < -0.3 is 19.9 Å². The first kappa shape index (κ1) is 14.7. The van der Waals surface area contributed by atoms with Crippen molar-refractivity contribution in [3.8, 4) is 17.2 Å². The first-order valence-corrected chi connectivity index (χ1v) is 6.43. The quantitative estimate of drug-likeness (QED) is 0.632. The number of amidine groups is 1. The van der Waals surface area contributed by atoms with Gasteiger partial charge in [-0.2, -0.15) is 0 Å². The van der Waals surface area contributed by atoms with Crippen molar-refractivity contribution < 1.29 is 14.2 Å². The van der Waals surface area contributed by atoms with Gasteiger partial charge in [0, 0.05) is 5.56 Å². The SMILES string of the molecule is COc1cccc(OC)c1OCc1cccc(C(=N)N)c1. The fraction of sp³-hybridized carbons (Fsp3) is 0.188. The Morgan fingerprint density at radius 2 is 1.67 bits per heavy atom. The van der Waals surface area contributed by atoms with E-state index in [4.69, 9.17) is 25.4 Å². The van der Waals surface area contributed by atoms with E-state index in [-0.39, 0.29) is 5.84 Å². The lowest BCUT2D eigenvalue weighted by molar-refractivity contribution is 0.266. The molecule has 0 amide bonds. The summed E-state index contributed by atoms with van der Waals surface area (Å²) in [4.78, 5) is 0. The highest BCUT2D eigenvalue weighted by atomic mass is 16.5. The highest BCUT2D eigenvalue weighted by Crippen LogP contribution is 2.37. The summed E-state index contributed by atoms with van der Waals surface area (Å²) in [6.07, 6.45) is 0. The molecule has 2 aromatic rings. The minimum Gasteiger partial charge on any atom is -0.493 e. The molecule has 0 spiro atoms. The van der Waals surface area contributed by atoms with Crippen molar-refractivity contribution in [1.29, 1.82) is 5.41 Å². The summed E-state index contributed by atoms with van der Waals surface area (Å²) in [6, 6.07) is 12.8. The van der Waals surface area contributed by atoms with Crippen LogP contribution in [0.1, 0.15) is 11.1 Å². The Morgan fingerprint density at radius 1 is 1.05 bits per heavy atom. The van der Waals surface area contributed by atoms with Crippen molar-refractivity contribution in [2.75, 3.05) is 14.2 Å². The molecule has 0 atom stereocenters. The van der Waals surface area contributed by atoms with Gasteiger partial charge in [0.2, 0.25) is 5.75 Å². The molecule has 0 aliphatic rings. The van der Waals surface area contributed by atoms with Crippen LogP contribution in [-0.2, 0) is 6.61 Å². The van der Waals surface area contributed by atoms with E-state index in [1.165, 1.54) is 0 Å². The molecule has 0 aliphatic carbocycles. The molecular weight excluding hydrogens is 268 g/mol. The third-order valence-electron chi connectivity index (χ3n) is 3.00. The van der Waals surface area contributed by atoms with Crippen LogP contribution in [-0.4, -0.2) is 20.1 Å². The largest absolute Gasteiger partial charge is 0.493 e. The lowest BCUT2D eigenvalue weighted by Gasteiger charge is -2.14. The second-order valence-electron chi connectivity index (χ2n) is 4.39. The first-order valence-electron chi connectivity index (χ1n) is 6.43. The predicted molar refractivity (Wildman–Crippen MR) is 81.3 cm³/mol. The van der Waals surface area contributed by atoms with Gasteiger partial charge in [-0.15, -0.1) is 0 Å². The number of hydrogen-bond donors (Lipinski definition) is 2. The Bertz CT molecular complexity index is 619. The molecule has 0 unspecified atom stereocenters. The maximum absolute atomic E-state index is 7.45. The van der Waals surface area contributed by atoms with Crippen molar-refractivity contribution in [2.45, 2.75) is 6.61 Å². The summed E-state index contributed by atoms with van der Waals surface area (Å²) in [5, 5.41) is 7.45. The maximum Gasteiger partial charge on any atom is 0.203 e. The highest BCUT2D eigenvalue weighted by molar-refractivity contribution is 5.95. The number of nitrogens with one attached hydrogen (secondary N) is 1. The molecule has 0 bridgehead atoms. The fourth-order valence-corrected chi connectivity index (χ4v) is 1.94. The summed E-state index contributed by atoms with van der Waals surface area (Å²) in [5.74, 6) is 1.80. The van der Waals surface area contributed by atoms with Crippen molar-refractivity contribution >= 4 is 5.84 Å². The normalized spacial score (nSPS) is 10.0. The summed E-state index contributed by atoms with van der Waals surface area (Å²) in [7, 11) is 3.16. The molecule has 0 fully saturated rings.